The van der Waals surface area contributed by atoms with Crippen LogP contribution in [0, 0.1) is 6.92 Å². The normalized spacial score (nSPS) is 18.5. The Morgan fingerprint density at radius 1 is 1.07 bits per heavy atom. The minimum Gasteiger partial charge on any atom is -0.387 e. The van der Waals surface area contributed by atoms with Gasteiger partial charge in [0.15, 0.2) is 0 Å². The highest BCUT2D eigenvalue weighted by molar-refractivity contribution is 5.86. The van der Waals surface area contributed by atoms with Gasteiger partial charge in [-0.25, -0.2) is 4.98 Å². The highest BCUT2D eigenvalue weighted by Gasteiger charge is 2.29. The van der Waals surface area contributed by atoms with Gasteiger partial charge in [-0.2, -0.15) is 0 Å². The molecule has 0 saturated heterocycles. The van der Waals surface area contributed by atoms with E-state index < -0.39 is 6.10 Å². The van der Waals surface area contributed by atoms with Gasteiger partial charge in [-0.05, 0) is 52.8 Å². The number of fused-ring (bicyclic) bond motifs is 2. The zero-order valence-corrected chi connectivity index (χ0v) is 15.8. The predicted molar refractivity (Wildman–Crippen MR) is 112 cm³/mol. The van der Waals surface area contributed by atoms with Crippen molar-refractivity contribution in [3.05, 3.63) is 89.2 Å². The molecule has 0 aliphatic heterocycles. The number of aromatic amines is 1. The van der Waals surface area contributed by atoms with Gasteiger partial charge in [0.25, 0.3) is 0 Å². The Balaban J connectivity index is 1.30. The molecule has 0 bridgehead atoms. The number of H-pyrrole nitrogens is 1. The molecule has 0 spiro atoms. The SMILES string of the molecule is Cc1c(-c2ccc(CNC3Cc4ccccc4[C@@H]3O)cc2)ccc2[nH]cnc12. The molecule has 3 N–H and O–H groups in total. The van der Waals surface area contributed by atoms with E-state index in [1.165, 1.54) is 27.8 Å². The number of aromatic nitrogens is 2. The molecule has 4 nitrogen and oxygen atoms in total. The molecule has 3 aromatic carbocycles. The Morgan fingerprint density at radius 3 is 2.71 bits per heavy atom. The van der Waals surface area contributed by atoms with E-state index in [0.29, 0.717) is 0 Å². The van der Waals surface area contributed by atoms with Crippen molar-refractivity contribution in [2.75, 3.05) is 0 Å². The molecule has 1 heterocycles. The van der Waals surface area contributed by atoms with Crippen LogP contribution >= 0.6 is 0 Å². The van der Waals surface area contributed by atoms with Crippen LogP contribution in [0.1, 0.15) is 28.4 Å². The Bertz CT molecular complexity index is 1130. The Kier molecular flexibility index (Phi) is 4.23. The molecule has 0 amide bonds. The number of nitrogens with zero attached hydrogens (tertiary/aromatic N) is 1. The first kappa shape index (κ1) is 17.2. The fourth-order valence-electron chi connectivity index (χ4n) is 4.27. The second kappa shape index (κ2) is 6.89. The van der Waals surface area contributed by atoms with Crippen LogP contribution in [0.3, 0.4) is 0 Å². The van der Waals surface area contributed by atoms with Gasteiger partial charge in [-0.15, -0.1) is 0 Å². The fourth-order valence-corrected chi connectivity index (χ4v) is 4.27. The molecular formula is C24H23N3O. The summed E-state index contributed by atoms with van der Waals surface area (Å²) in [6, 6.07) is 21.1. The minimum absolute atomic E-state index is 0.0707. The second-order valence-electron chi connectivity index (χ2n) is 7.57. The average molecular weight is 369 g/mol. The van der Waals surface area contributed by atoms with Crippen LogP contribution in [0.15, 0.2) is 67.0 Å². The summed E-state index contributed by atoms with van der Waals surface area (Å²) in [6.45, 7) is 2.86. The van der Waals surface area contributed by atoms with Crippen molar-refractivity contribution in [2.24, 2.45) is 0 Å². The van der Waals surface area contributed by atoms with E-state index in [2.05, 4.69) is 64.7 Å². The number of aliphatic hydroxyl groups is 1. The summed E-state index contributed by atoms with van der Waals surface area (Å²) in [5, 5.41) is 14.1. The van der Waals surface area contributed by atoms with E-state index in [9.17, 15) is 5.11 Å². The average Bonchev–Trinajstić information content (AvgIpc) is 3.33. The van der Waals surface area contributed by atoms with E-state index in [0.717, 1.165) is 29.6 Å². The molecule has 0 fully saturated rings. The molecular weight excluding hydrogens is 346 g/mol. The maximum Gasteiger partial charge on any atom is 0.0948 e. The first-order valence-corrected chi connectivity index (χ1v) is 9.72. The Morgan fingerprint density at radius 2 is 1.89 bits per heavy atom. The third-order valence-electron chi connectivity index (χ3n) is 5.87. The minimum atomic E-state index is -0.432. The summed E-state index contributed by atoms with van der Waals surface area (Å²) in [5.41, 5.74) is 9.20. The van der Waals surface area contributed by atoms with Gasteiger partial charge < -0.3 is 15.4 Å². The first-order chi connectivity index (χ1) is 13.7. The van der Waals surface area contributed by atoms with Crippen molar-refractivity contribution in [1.29, 1.82) is 0 Å². The lowest BCUT2D eigenvalue weighted by Gasteiger charge is -2.17. The summed E-state index contributed by atoms with van der Waals surface area (Å²) in [6.07, 6.45) is 2.18. The topological polar surface area (TPSA) is 60.9 Å². The molecule has 4 heteroatoms. The van der Waals surface area contributed by atoms with Gasteiger partial charge in [0.1, 0.15) is 0 Å². The third kappa shape index (κ3) is 2.91. The molecule has 4 aromatic rings. The molecule has 28 heavy (non-hydrogen) atoms. The van der Waals surface area contributed by atoms with Crippen LogP contribution in [-0.4, -0.2) is 21.1 Å². The standard InChI is InChI=1S/C24H23N3O/c1-15-19(10-11-21-23(15)27-14-26-21)17-8-6-16(7-9-17)13-25-22-12-18-4-2-3-5-20(18)24(22)28/h2-11,14,22,24-25,28H,12-13H2,1H3,(H,26,27)/t22?,24-/m0/s1. The van der Waals surface area contributed by atoms with Crippen LogP contribution < -0.4 is 5.32 Å². The maximum absolute atomic E-state index is 10.5. The van der Waals surface area contributed by atoms with Crippen molar-refractivity contribution in [2.45, 2.75) is 32.0 Å². The second-order valence-corrected chi connectivity index (χ2v) is 7.57. The summed E-state index contributed by atoms with van der Waals surface area (Å²) >= 11 is 0. The quantitative estimate of drug-likeness (QED) is 0.503. The first-order valence-electron chi connectivity index (χ1n) is 9.72. The number of aryl methyl sites for hydroxylation is 1. The molecule has 140 valence electrons. The van der Waals surface area contributed by atoms with Crippen LogP contribution in [0.25, 0.3) is 22.2 Å². The largest absolute Gasteiger partial charge is 0.387 e. The summed E-state index contributed by atoms with van der Waals surface area (Å²) in [4.78, 5) is 7.59. The van der Waals surface area contributed by atoms with Gasteiger partial charge in [-0.3, -0.25) is 0 Å². The zero-order valence-electron chi connectivity index (χ0n) is 15.8. The number of nitrogens with one attached hydrogen (secondary N) is 2. The lowest BCUT2D eigenvalue weighted by molar-refractivity contribution is 0.141. The van der Waals surface area contributed by atoms with Crippen molar-refractivity contribution in [3.63, 3.8) is 0 Å². The highest BCUT2D eigenvalue weighted by atomic mass is 16.3. The molecule has 1 aliphatic carbocycles. The van der Waals surface area contributed by atoms with E-state index in [4.69, 9.17) is 0 Å². The van der Waals surface area contributed by atoms with Gasteiger partial charge >= 0.3 is 0 Å². The van der Waals surface area contributed by atoms with Crippen molar-refractivity contribution >= 4 is 11.0 Å². The molecule has 5 rings (SSSR count). The summed E-state index contributed by atoms with van der Waals surface area (Å²) in [5.74, 6) is 0. The van der Waals surface area contributed by atoms with Gasteiger partial charge in [0.05, 0.1) is 23.5 Å². The van der Waals surface area contributed by atoms with Crippen LogP contribution in [0.5, 0.6) is 0 Å². The zero-order chi connectivity index (χ0) is 19.1. The molecule has 1 aliphatic rings. The number of aliphatic hydroxyl groups excluding tert-OH is 1. The number of hydrogen-bond acceptors (Lipinski definition) is 3. The van der Waals surface area contributed by atoms with E-state index in [-0.39, 0.29) is 6.04 Å². The summed E-state index contributed by atoms with van der Waals surface area (Å²) < 4.78 is 0. The number of imidazole rings is 1. The van der Waals surface area contributed by atoms with E-state index >= 15 is 0 Å². The predicted octanol–water partition coefficient (Wildman–Crippen LogP) is 4.29. The molecule has 1 unspecified atom stereocenters. The Hall–Kier alpha value is -2.95. The van der Waals surface area contributed by atoms with Crippen molar-refractivity contribution in [3.8, 4) is 11.1 Å². The lowest BCUT2D eigenvalue weighted by Crippen LogP contribution is -2.32. The third-order valence-corrected chi connectivity index (χ3v) is 5.87. The molecule has 1 aromatic heterocycles. The monoisotopic (exact) mass is 369 g/mol. The van der Waals surface area contributed by atoms with Gasteiger partial charge in [0, 0.05) is 12.6 Å². The van der Waals surface area contributed by atoms with E-state index in [1.54, 1.807) is 6.33 Å². The fraction of sp³-hybridized carbons (Fsp3) is 0.208. The molecule has 0 saturated carbocycles. The highest BCUT2D eigenvalue weighted by Crippen LogP contribution is 2.31. The smallest absolute Gasteiger partial charge is 0.0948 e. The van der Waals surface area contributed by atoms with Crippen LogP contribution in [-0.2, 0) is 13.0 Å². The number of rotatable bonds is 4. The molecule has 2 atom stereocenters. The molecule has 0 radical (unpaired) electrons. The summed E-state index contributed by atoms with van der Waals surface area (Å²) in [7, 11) is 0. The van der Waals surface area contributed by atoms with Crippen molar-refractivity contribution < 1.29 is 5.11 Å². The van der Waals surface area contributed by atoms with Gasteiger partial charge in [0.2, 0.25) is 0 Å². The van der Waals surface area contributed by atoms with Crippen LogP contribution in [0.4, 0.5) is 0 Å². The maximum atomic E-state index is 10.5. The van der Waals surface area contributed by atoms with Crippen molar-refractivity contribution in [1.82, 2.24) is 15.3 Å². The van der Waals surface area contributed by atoms with Gasteiger partial charge in [-0.1, -0.05) is 54.6 Å². The number of benzene rings is 3. The van der Waals surface area contributed by atoms with Crippen LogP contribution in [0.2, 0.25) is 0 Å². The number of hydrogen-bond donors (Lipinski definition) is 3. The Labute approximate surface area is 164 Å². The van der Waals surface area contributed by atoms with E-state index in [1.807, 2.05) is 18.2 Å². The lowest BCUT2D eigenvalue weighted by atomic mass is 9.98.